The number of hydrogen-bond acceptors (Lipinski definition) is 4. The van der Waals surface area contributed by atoms with Gasteiger partial charge in [0.15, 0.2) is 0 Å². The molecule has 2 heterocycles. The highest BCUT2D eigenvalue weighted by Gasteiger charge is 2.11. The van der Waals surface area contributed by atoms with Gasteiger partial charge in [-0.25, -0.2) is 4.98 Å². The molecule has 1 unspecified atom stereocenters. The topological polar surface area (TPSA) is 55.1 Å². The lowest BCUT2D eigenvalue weighted by atomic mass is 10.2. The maximum absolute atomic E-state index is 12.0. The lowest BCUT2D eigenvalue weighted by Gasteiger charge is -2.09. The van der Waals surface area contributed by atoms with Gasteiger partial charge in [0.2, 0.25) is 5.91 Å². The SMILES string of the molecule is Cc1ccc(C(C)NC(=O)/C=C/c2nc3ccccc3s2)o1. The molecule has 3 rings (SSSR count). The fourth-order valence-corrected chi connectivity index (χ4v) is 3.00. The summed E-state index contributed by atoms with van der Waals surface area (Å²) in [6.45, 7) is 3.77. The smallest absolute Gasteiger partial charge is 0.244 e. The molecule has 22 heavy (non-hydrogen) atoms. The molecule has 1 atom stereocenters. The molecular formula is C17H16N2O2S. The first-order valence-electron chi connectivity index (χ1n) is 7.02. The molecule has 1 amide bonds. The van der Waals surface area contributed by atoms with Crippen LogP contribution in [0.3, 0.4) is 0 Å². The van der Waals surface area contributed by atoms with Gasteiger partial charge >= 0.3 is 0 Å². The first kappa shape index (κ1) is 14.5. The summed E-state index contributed by atoms with van der Waals surface area (Å²) in [5.74, 6) is 1.42. The zero-order valence-electron chi connectivity index (χ0n) is 12.4. The highest BCUT2D eigenvalue weighted by atomic mass is 32.1. The number of rotatable bonds is 4. The first-order chi connectivity index (χ1) is 10.6. The van der Waals surface area contributed by atoms with Crippen molar-refractivity contribution in [1.82, 2.24) is 10.3 Å². The highest BCUT2D eigenvalue weighted by Crippen LogP contribution is 2.22. The molecule has 0 aliphatic rings. The average molecular weight is 312 g/mol. The maximum atomic E-state index is 12.0. The number of nitrogens with one attached hydrogen (secondary N) is 1. The molecule has 5 heteroatoms. The van der Waals surface area contributed by atoms with Gasteiger partial charge < -0.3 is 9.73 Å². The van der Waals surface area contributed by atoms with Gasteiger partial charge in [-0.05, 0) is 44.2 Å². The number of carbonyl (C=O) groups is 1. The van der Waals surface area contributed by atoms with Crippen LogP contribution < -0.4 is 5.32 Å². The van der Waals surface area contributed by atoms with Crippen molar-refractivity contribution in [3.05, 3.63) is 59.0 Å². The van der Waals surface area contributed by atoms with E-state index in [9.17, 15) is 4.79 Å². The van der Waals surface area contributed by atoms with Crippen LogP contribution in [0.25, 0.3) is 16.3 Å². The Kier molecular flexibility index (Phi) is 4.06. The van der Waals surface area contributed by atoms with Crippen LogP contribution in [-0.2, 0) is 4.79 Å². The van der Waals surface area contributed by atoms with Crippen LogP contribution in [0.15, 0.2) is 46.9 Å². The third kappa shape index (κ3) is 3.26. The number of para-hydroxylation sites is 1. The summed E-state index contributed by atoms with van der Waals surface area (Å²) in [6, 6.07) is 11.5. The minimum atomic E-state index is -0.166. The summed E-state index contributed by atoms with van der Waals surface area (Å²) in [5.41, 5.74) is 0.951. The van der Waals surface area contributed by atoms with Crippen LogP contribution in [0.2, 0.25) is 0 Å². The van der Waals surface area contributed by atoms with Crippen LogP contribution in [0.4, 0.5) is 0 Å². The Labute approximate surface area is 132 Å². The van der Waals surface area contributed by atoms with E-state index in [1.807, 2.05) is 50.2 Å². The molecule has 0 saturated heterocycles. The molecule has 0 spiro atoms. The molecule has 4 nitrogen and oxygen atoms in total. The minimum Gasteiger partial charge on any atom is -0.464 e. The number of furan rings is 1. The number of amides is 1. The lowest BCUT2D eigenvalue weighted by molar-refractivity contribution is -0.117. The zero-order valence-corrected chi connectivity index (χ0v) is 13.2. The van der Waals surface area contributed by atoms with Crippen molar-refractivity contribution in [2.75, 3.05) is 0 Å². The fraction of sp³-hybridized carbons (Fsp3) is 0.176. The summed E-state index contributed by atoms with van der Waals surface area (Å²) in [6.07, 6.45) is 3.24. The van der Waals surface area contributed by atoms with Gasteiger partial charge in [-0.2, -0.15) is 0 Å². The average Bonchev–Trinajstić information content (AvgIpc) is 3.10. The van der Waals surface area contributed by atoms with Crippen LogP contribution in [-0.4, -0.2) is 10.9 Å². The largest absolute Gasteiger partial charge is 0.464 e. The Morgan fingerprint density at radius 1 is 1.32 bits per heavy atom. The standard InChI is InChI=1S/C17H16N2O2S/c1-11-7-8-14(21-11)12(2)18-16(20)9-10-17-19-13-5-3-4-6-15(13)22-17/h3-10,12H,1-2H3,(H,18,20)/b10-9+. The first-order valence-corrected chi connectivity index (χ1v) is 7.84. The Bertz CT molecular complexity index is 799. The number of aryl methyl sites for hydroxylation is 1. The monoisotopic (exact) mass is 312 g/mol. The second-order valence-corrected chi connectivity index (χ2v) is 6.09. The van der Waals surface area contributed by atoms with Crippen LogP contribution in [0.5, 0.6) is 0 Å². The van der Waals surface area contributed by atoms with Crippen LogP contribution in [0.1, 0.15) is 29.5 Å². The third-order valence-electron chi connectivity index (χ3n) is 3.23. The number of benzene rings is 1. The molecule has 1 N–H and O–H groups in total. The summed E-state index contributed by atoms with van der Waals surface area (Å²) in [4.78, 5) is 16.4. The lowest BCUT2D eigenvalue weighted by Crippen LogP contribution is -2.24. The normalized spacial score (nSPS) is 12.8. The molecule has 0 bridgehead atoms. The van der Waals surface area contributed by atoms with E-state index in [-0.39, 0.29) is 11.9 Å². The molecular weight excluding hydrogens is 296 g/mol. The Morgan fingerprint density at radius 2 is 2.14 bits per heavy atom. The van der Waals surface area contributed by atoms with Gasteiger partial charge in [0.1, 0.15) is 16.5 Å². The van der Waals surface area contributed by atoms with Gasteiger partial charge in [0.05, 0.1) is 16.3 Å². The van der Waals surface area contributed by atoms with Crippen molar-refractivity contribution in [3.8, 4) is 0 Å². The maximum Gasteiger partial charge on any atom is 0.244 e. The predicted octanol–water partition coefficient (Wildman–Crippen LogP) is 4.09. The molecule has 112 valence electrons. The van der Waals surface area contributed by atoms with Gasteiger partial charge in [-0.1, -0.05) is 12.1 Å². The summed E-state index contributed by atoms with van der Waals surface area (Å²) < 4.78 is 6.61. The Hall–Kier alpha value is -2.40. The molecule has 2 aromatic heterocycles. The Morgan fingerprint density at radius 3 is 2.86 bits per heavy atom. The van der Waals surface area contributed by atoms with Crippen molar-refractivity contribution in [2.45, 2.75) is 19.9 Å². The molecule has 1 aromatic carbocycles. The van der Waals surface area contributed by atoms with Crippen molar-refractivity contribution < 1.29 is 9.21 Å². The van der Waals surface area contributed by atoms with Gasteiger partial charge in [0.25, 0.3) is 0 Å². The van der Waals surface area contributed by atoms with E-state index in [2.05, 4.69) is 10.3 Å². The number of thiazole rings is 1. The van der Waals surface area contributed by atoms with Gasteiger partial charge in [-0.15, -0.1) is 11.3 Å². The van der Waals surface area contributed by atoms with E-state index in [1.165, 1.54) is 6.08 Å². The number of fused-ring (bicyclic) bond motifs is 1. The van der Waals surface area contributed by atoms with Crippen molar-refractivity contribution in [1.29, 1.82) is 0 Å². The van der Waals surface area contributed by atoms with Crippen molar-refractivity contribution >= 4 is 33.5 Å². The van der Waals surface area contributed by atoms with Crippen LogP contribution in [0, 0.1) is 6.92 Å². The number of hydrogen-bond donors (Lipinski definition) is 1. The second-order valence-electron chi connectivity index (χ2n) is 5.03. The molecule has 0 radical (unpaired) electrons. The Balaban J connectivity index is 1.65. The summed E-state index contributed by atoms with van der Waals surface area (Å²) in [7, 11) is 0. The van der Waals surface area contributed by atoms with Gasteiger partial charge in [0, 0.05) is 6.08 Å². The second kappa shape index (κ2) is 6.15. The minimum absolute atomic E-state index is 0.166. The third-order valence-corrected chi connectivity index (χ3v) is 4.24. The molecule has 0 aliphatic heterocycles. The summed E-state index contributed by atoms with van der Waals surface area (Å²) in [5, 5.41) is 3.69. The quantitative estimate of drug-likeness (QED) is 0.738. The predicted molar refractivity (Wildman–Crippen MR) is 88.7 cm³/mol. The number of aromatic nitrogens is 1. The van der Waals surface area contributed by atoms with Crippen molar-refractivity contribution in [3.63, 3.8) is 0 Å². The van der Waals surface area contributed by atoms with E-state index >= 15 is 0 Å². The van der Waals surface area contributed by atoms with Crippen molar-refractivity contribution in [2.24, 2.45) is 0 Å². The number of nitrogens with zero attached hydrogens (tertiary/aromatic N) is 1. The van der Waals surface area contributed by atoms with E-state index in [1.54, 1.807) is 17.4 Å². The fourth-order valence-electron chi connectivity index (χ4n) is 2.13. The van der Waals surface area contributed by atoms with E-state index < -0.39 is 0 Å². The molecule has 0 saturated carbocycles. The molecule has 0 fully saturated rings. The zero-order chi connectivity index (χ0) is 15.5. The molecule has 0 aliphatic carbocycles. The summed E-state index contributed by atoms with van der Waals surface area (Å²) >= 11 is 1.56. The van der Waals surface area contributed by atoms with E-state index in [0.717, 1.165) is 26.7 Å². The van der Waals surface area contributed by atoms with E-state index in [4.69, 9.17) is 4.42 Å². The molecule has 3 aromatic rings. The van der Waals surface area contributed by atoms with E-state index in [0.29, 0.717) is 0 Å². The highest BCUT2D eigenvalue weighted by molar-refractivity contribution is 7.19. The number of carbonyl (C=O) groups excluding carboxylic acids is 1. The van der Waals surface area contributed by atoms with Crippen LogP contribution >= 0.6 is 11.3 Å². The van der Waals surface area contributed by atoms with Gasteiger partial charge in [-0.3, -0.25) is 4.79 Å².